The van der Waals surface area contributed by atoms with Crippen molar-refractivity contribution in [3.63, 3.8) is 0 Å². The highest BCUT2D eigenvalue weighted by Crippen LogP contribution is 2.24. The monoisotopic (exact) mass is 319 g/mol. The highest BCUT2D eigenvalue weighted by atomic mass is 79.9. The first-order valence-electron chi connectivity index (χ1n) is 5.56. The van der Waals surface area contributed by atoms with Crippen LogP contribution in [0.5, 0.6) is 5.75 Å². The third-order valence-electron chi connectivity index (χ3n) is 2.33. The van der Waals surface area contributed by atoms with Gasteiger partial charge in [0.2, 0.25) is 0 Å². The van der Waals surface area contributed by atoms with Gasteiger partial charge in [-0.15, -0.1) is 11.3 Å². The number of hydrogen-bond acceptors (Lipinski definition) is 3. The van der Waals surface area contributed by atoms with E-state index < -0.39 is 0 Å². The van der Waals surface area contributed by atoms with Crippen molar-refractivity contribution in [3.05, 3.63) is 16.3 Å². The maximum atomic E-state index is 12.0. The van der Waals surface area contributed by atoms with E-state index in [1.54, 1.807) is 7.11 Å². The molecule has 17 heavy (non-hydrogen) atoms. The second-order valence-electron chi connectivity index (χ2n) is 4.27. The molecule has 1 rings (SSSR count). The Morgan fingerprint density at radius 3 is 2.82 bits per heavy atom. The molecule has 0 radical (unpaired) electrons. The molecule has 0 spiro atoms. The molecule has 1 heterocycles. The van der Waals surface area contributed by atoms with E-state index in [0.717, 1.165) is 11.8 Å². The summed E-state index contributed by atoms with van der Waals surface area (Å²) in [6.45, 7) is 4.29. The molecule has 0 bridgehead atoms. The maximum Gasteiger partial charge on any atom is 0.265 e. The van der Waals surface area contributed by atoms with Crippen LogP contribution in [0.1, 0.15) is 29.9 Å². The number of hydrogen-bond donors (Lipinski definition) is 1. The zero-order chi connectivity index (χ0) is 12.8. The Morgan fingerprint density at radius 1 is 1.59 bits per heavy atom. The van der Waals surface area contributed by atoms with Gasteiger partial charge in [-0.1, -0.05) is 29.8 Å². The Kier molecular flexibility index (Phi) is 5.98. The van der Waals surface area contributed by atoms with Crippen LogP contribution in [0, 0.1) is 5.92 Å². The lowest BCUT2D eigenvalue weighted by Crippen LogP contribution is -2.36. The maximum absolute atomic E-state index is 12.0. The second-order valence-corrected chi connectivity index (χ2v) is 5.84. The summed E-state index contributed by atoms with van der Waals surface area (Å²) in [5.74, 6) is 1.15. The van der Waals surface area contributed by atoms with E-state index in [4.69, 9.17) is 4.74 Å². The molecule has 96 valence electrons. The van der Waals surface area contributed by atoms with Crippen LogP contribution >= 0.6 is 27.3 Å². The van der Waals surface area contributed by atoms with Crippen molar-refractivity contribution in [2.45, 2.75) is 26.3 Å². The summed E-state index contributed by atoms with van der Waals surface area (Å²) < 4.78 is 5.14. The van der Waals surface area contributed by atoms with Gasteiger partial charge in [0.05, 0.1) is 7.11 Å². The minimum atomic E-state index is -0.0537. The number of methoxy groups -OCH3 is 1. The van der Waals surface area contributed by atoms with Crippen LogP contribution in [0.15, 0.2) is 11.4 Å². The lowest BCUT2D eigenvalue weighted by Gasteiger charge is -2.18. The van der Waals surface area contributed by atoms with Crippen molar-refractivity contribution in [1.82, 2.24) is 5.32 Å². The van der Waals surface area contributed by atoms with E-state index in [1.807, 2.05) is 11.4 Å². The van der Waals surface area contributed by atoms with Crippen LogP contribution in [0.25, 0.3) is 0 Å². The van der Waals surface area contributed by atoms with E-state index in [2.05, 4.69) is 35.1 Å². The van der Waals surface area contributed by atoms with Gasteiger partial charge in [0.15, 0.2) is 0 Å². The molecule has 1 amide bonds. The molecule has 1 unspecified atom stereocenters. The molecule has 0 aliphatic rings. The number of alkyl halides is 1. The zero-order valence-electron chi connectivity index (χ0n) is 10.3. The average molecular weight is 320 g/mol. The molecule has 0 saturated heterocycles. The third kappa shape index (κ3) is 4.32. The van der Waals surface area contributed by atoms with Crippen LogP contribution in [-0.2, 0) is 0 Å². The summed E-state index contributed by atoms with van der Waals surface area (Å²) in [4.78, 5) is 12.7. The summed E-state index contributed by atoms with van der Waals surface area (Å²) >= 11 is 4.83. The predicted molar refractivity (Wildman–Crippen MR) is 75.4 cm³/mol. The number of carbonyl (C=O) groups excluding carboxylic acids is 1. The Hall–Kier alpha value is -0.550. The molecule has 5 heteroatoms. The Bertz CT molecular complexity index is 365. The van der Waals surface area contributed by atoms with Crippen molar-refractivity contribution in [2.24, 2.45) is 5.92 Å². The van der Waals surface area contributed by atoms with Crippen LogP contribution in [0.2, 0.25) is 0 Å². The molecule has 0 saturated carbocycles. The summed E-state index contributed by atoms with van der Waals surface area (Å²) in [5.41, 5.74) is 0. The fourth-order valence-electron chi connectivity index (χ4n) is 1.60. The molecule has 3 nitrogen and oxygen atoms in total. The summed E-state index contributed by atoms with van der Waals surface area (Å²) in [6.07, 6.45) is 0.963. The molecular formula is C12H18BrNO2S. The summed E-state index contributed by atoms with van der Waals surface area (Å²) in [6, 6.07) is 1.97. The normalized spacial score (nSPS) is 12.5. The molecular weight excluding hydrogens is 302 g/mol. The Morgan fingerprint density at radius 2 is 2.29 bits per heavy atom. The fourth-order valence-corrected chi connectivity index (χ4v) is 2.79. The van der Waals surface area contributed by atoms with Crippen molar-refractivity contribution < 1.29 is 9.53 Å². The zero-order valence-corrected chi connectivity index (χ0v) is 12.7. The van der Waals surface area contributed by atoms with Crippen molar-refractivity contribution in [3.8, 4) is 5.75 Å². The molecule has 1 aromatic heterocycles. The quantitative estimate of drug-likeness (QED) is 0.817. The van der Waals surface area contributed by atoms with E-state index in [0.29, 0.717) is 16.5 Å². The first kappa shape index (κ1) is 14.5. The van der Waals surface area contributed by atoms with Crippen molar-refractivity contribution >= 4 is 33.2 Å². The van der Waals surface area contributed by atoms with Crippen molar-refractivity contribution in [2.75, 3.05) is 12.4 Å². The van der Waals surface area contributed by atoms with Gasteiger partial charge in [0.1, 0.15) is 10.6 Å². The molecule has 0 aromatic carbocycles. The number of thiophene rings is 1. The number of nitrogens with one attached hydrogen (secondary N) is 1. The number of ether oxygens (including phenoxy) is 1. The van der Waals surface area contributed by atoms with Crippen molar-refractivity contribution in [1.29, 1.82) is 0 Å². The van der Waals surface area contributed by atoms with Crippen LogP contribution in [0.3, 0.4) is 0 Å². The highest BCUT2D eigenvalue weighted by Gasteiger charge is 2.18. The number of halogens is 1. The molecule has 0 aliphatic carbocycles. The minimum absolute atomic E-state index is 0.0537. The Balaban J connectivity index is 2.64. The van der Waals surface area contributed by atoms with Crippen LogP contribution in [0.4, 0.5) is 0 Å². The Labute approximate surface area is 115 Å². The summed E-state index contributed by atoms with van der Waals surface area (Å²) in [5, 5.41) is 5.65. The third-order valence-corrected chi connectivity index (χ3v) is 4.01. The van der Waals surface area contributed by atoms with E-state index in [9.17, 15) is 4.79 Å². The lowest BCUT2D eigenvalue weighted by molar-refractivity contribution is 0.0938. The van der Waals surface area contributed by atoms with Gasteiger partial charge in [-0.25, -0.2) is 0 Å². The fraction of sp³-hybridized carbons (Fsp3) is 0.583. The van der Waals surface area contributed by atoms with Gasteiger partial charge in [0, 0.05) is 11.4 Å². The van der Waals surface area contributed by atoms with Crippen LogP contribution in [-0.4, -0.2) is 24.4 Å². The molecule has 1 atom stereocenters. The van der Waals surface area contributed by atoms with Gasteiger partial charge >= 0.3 is 0 Å². The second kappa shape index (κ2) is 7.01. The van der Waals surface area contributed by atoms with Gasteiger partial charge in [-0.05, 0) is 23.8 Å². The topological polar surface area (TPSA) is 38.3 Å². The minimum Gasteiger partial charge on any atom is -0.495 e. The SMILES string of the molecule is COc1ccsc1C(=O)NC(CBr)CC(C)C. The predicted octanol–water partition coefficient (Wildman–Crippen LogP) is 3.30. The standard InChI is InChI=1S/C12H18BrNO2S/c1-8(2)6-9(7-13)14-12(15)11-10(16-3)4-5-17-11/h4-5,8-9H,6-7H2,1-3H3,(H,14,15). The lowest BCUT2D eigenvalue weighted by atomic mass is 10.1. The molecule has 1 N–H and O–H groups in total. The van der Waals surface area contributed by atoms with E-state index >= 15 is 0 Å². The smallest absolute Gasteiger partial charge is 0.265 e. The molecule has 1 aromatic rings. The average Bonchev–Trinajstić information content (AvgIpc) is 2.75. The van der Waals surface area contributed by atoms with Crippen LogP contribution < -0.4 is 10.1 Å². The van der Waals surface area contributed by atoms with Gasteiger partial charge in [0.25, 0.3) is 5.91 Å². The first-order valence-corrected chi connectivity index (χ1v) is 7.56. The highest BCUT2D eigenvalue weighted by molar-refractivity contribution is 9.09. The molecule has 0 fully saturated rings. The largest absolute Gasteiger partial charge is 0.495 e. The van der Waals surface area contributed by atoms with Gasteiger partial charge in [-0.3, -0.25) is 4.79 Å². The van der Waals surface area contributed by atoms with Gasteiger partial charge < -0.3 is 10.1 Å². The number of rotatable bonds is 6. The first-order chi connectivity index (χ1) is 8.08. The number of carbonyl (C=O) groups is 1. The van der Waals surface area contributed by atoms with E-state index in [1.165, 1.54) is 11.3 Å². The summed E-state index contributed by atoms with van der Waals surface area (Å²) in [7, 11) is 1.58. The number of amides is 1. The van der Waals surface area contributed by atoms with E-state index in [-0.39, 0.29) is 11.9 Å². The van der Waals surface area contributed by atoms with Gasteiger partial charge in [-0.2, -0.15) is 0 Å². The molecule has 0 aliphatic heterocycles.